The standard InChI is InChI=1S/C6H14O.C6H14.H2S/c1-6(2,3)4-5-7;1-5(2)6(3)4;/h7H,4-5H2,1-3H3;5-6H,1-4H3;1H2. The lowest BCUT2D eigenvalue weighted by atomic mass is 9.93. The highest BCUT2D eigenvalue weighted by Gasteiger charge is 2.06. The van der Waals surface area contributed by atoms with Gasteiger partial charge in [-0.15, -0.1) is 0 Å². The molecule has 0 aromatic rings. The second kappa shape index (κ2) is 9.85. The molecule has 0 saturated carbocycles. The molecule has 0 aliphatic rings. The fourth-order valence-electron chi connectivity index (χ4n) is 0.335. The minimum Gasteiger partial charge on any atom is -0.396 e. The van der Waals surface area contributed by atoms with E-state index in [2.05, 4.69) is 48.5 Å². The van der Waals surface area contributed by atoms with E-state index in [1.54, 1.807) is 0 Å². The van der Waals surface area contributed by atoms with Crippen molar-refractivity contribution in [1.82, 2.24) is 0 Å². The molecule has 0 fully saturated rings. The van der Waals surface area contributed by atoms with Gasteiger partial charge in [-0.1, -0.05) is 48.5 Å². The molecule has 0 unspecified atom stereocenters. The van der Waals surface area contributed by atoms with Gasteiger partial charge < -0.3 is 5.11 Å². The van der Waals surface area contributed by atoms with Gasteiger partial charge in [0.1, 0.15) is 0 Å². The summed E-state index contributed by atoms with van der Waals surface area (Å²) in [5.74, 6) is 1.70. The number of aliphatic hydroxyl groups is 1. The maximum atomic E-state index is 8.40. The van der Waals surface area contributed by atoms with Crippen molar-refractivity contribution in [3.05, 3.63) is 0 Å². The molecule has 1 N–H and O–H groups in total. The molecule has 0 aliphatic carbocycles. The third kappa shape index (κ3) is 22.8. The fraction of sp³-hybridized carbons (Fsp3) is 1.00. The minimum atomic E-state index is 0. The second-order valence-electron chi connectivity index (χ2n) is 5.52. The van der Waals surface area contributed by atoms with E-state index in [9.17, 15) is 0 Å². The Labute approximate surface area is 97.7 Å². The number of rotatable bonds is 2. The van der Waals surface area contributed by atoms with Gasteiger partial charge >= 0.3 is 0 Å². The lowest BCUT2D eigenvalue weighted by Gasteiger charge is -2.14. The third-order valence-electron chi connectivity index (χ3n) is 2.20. The number of hydrogen-bond acceptors (Lipinski definition) is 1. The van der Waals surface area contributed by atoms with E-state index in [4.69, 9.17) is 5.11 Å². The van der Waals surface area contributed by atoms with Crippen molar-refractivity contribution in [1.29, 1.82) is 0 Å². The summed E-state index contributed by atoms with van der Waals surface area (Å²) in [7, 11) is 0. The summed E-state index contributed by atoms with van der Waals surface area (Å²) in [6.07, 6.45) is 0.896. The molecular formula is C12H30OS. The van der Waals surface area contributed by atoms with Crippen LogP contribution < -0.4 is 0 Å². The quantitative estimate of drug-likeness (QED) is 0.753. The van der Waals surface area contributed by atoms with E-state index in [0.717, 1.165) is 18.3 Å². The average Bonchev–Trinajstić information content (AvgIpc) is 1.85. The van der Waals surface area contributed by atoms with Crippen LogP contribution in [-0.4, -0.2) is 11.7 Å². The molecule has 0 rings (SSSR count). The molecule has 0 amide bonds. The smallest absolute Gasteiger partial charge is 0.0436 e. The SMILES string of the molecule is CC(C)(C)CCO.CC(C)C(C)C.S. The van der Waals surface area contributed by atoms with Crippen molar-refractivity contribution in [3.63, 3.8) is 0 Å². The van der Waals surface area contributed by atoms with Gasteiger partial charge in [-0.2, -0.15) is 13.5 Å². The van der Waals surface area contributed by atoms with Gasteiger partial charge in [0, 0.05) is 6.61 Å². The van der Waals surface area contributed by atoms with Crippen LogP contribution in [0.5, 0.6) is 0 Å². The molecule has 0 heterocycles. The zero-order chi connectivity index (χ0) is 11.1. The Balaban J connectivity index is -0.000000163. The molecule has 0 aromatic carbocycles. The highest BCUT2D eigenvalue weighted by Crippen LogP contribution is 2.16. The van der Waals surface area contributed by atoms with Gasteiger partial charge in [-0.05, 0) is 23.7 Å². The molecule has 1 nitrogen and oxygen atoms in total. The first-order valence-electron chi connectivity index (χ1n) is 5.31. The summed E-state index contributed by atoms with van der Waals surface area (Å²) in [6, 6.07) is 0. The van der Waals surface area contributed by atoms with Crippen molar-refractivity contribution in [2.24, 2.45) is 17.3 Å². The van der Waals surface area contributed by atoms with Crippen LogP contribution in [0.2, 0.25) is 0 Å². The van der Waals surface area contributed by atoms with E-state index < -0.39 is 0 Å². The Morgan fingerprint density at radius 1 is 0.929 bits per heavy atom. The van der Waals surface area contributed by atoms with E-state index in [1.165, 1.54) is 0 Å². The van der Waals surface area contributed by atoms with Crippen molar-refractivity contribution < 1.29 is 5.11 Å². The summed E-state index contributed by atoms with van der Waals surface area (Å²) in [5.41, 5.74) is 0.300. The summed E-state index contributed by atoms with van der Waals surface area (Å²) in [4.78, 5) is 0. The van der Waals surface area contributed by atoms with Crippen LogP contribution in [0, 0.1) is 17.3 Å². The van der Waals surface area contributed by atoms with Gasteiger partial charge in [0.05, 0.1) is 0 Å². The third-order valence-corrected chi connectivity index (χ3v) is 2.20. The molecule has 2 heteroatoms. The van der Waals surface area contributed by atoms with Crippen LogP contribution in [0.3, 0.4) is 0 Å². The fourth-order valence-corrected chi connectivity index (χ4v) is 0.335. The zero-order valence-electron chi connectivity index (χ0n) is 11.0. The van der Waals surface area contributed by atoms with E-state index in [0.29, 0.717) is 12.0 Å². The van der Waals surface area contributed by atoms with Gasteiger partial charge in [-0.25, -0.2) is 0 Å². The molecular weight excluding hydrogens is 192 g/mol. The maximum Gasteiger partial charge on any atom is 0.0436 e. The molecule has 0 radical (unpaired) electrons. The Bertz CT molecular complexity index is 97.4. The van der Waals surface area contributed by atoms with Crippen LogP contribution in [0.25, 0.3) is 0 Å². The molecule has 0 atom stereocenters. The van der Waals surface area contributed by atoms with Crippen LogP contribution in [0.15, 0.2) is 0 Å². The molecule has 90 valence electrons. The molecule has 0 spiro atoms. The van der Waals surface area contributed by atoms with Crippen molar-refractivity contribution in [2.45, 2.75) is 54.9 Å². The van der Waals surface area contributed by atoms with Gasteiger partial charge in [-0.3, -0.25) is 0 Å². The predicted octanol–water partition coefficient (Wildman–Crippen LogP) is 3.83. The number of aliphatic hydroxyl groups excluding tert-OH is 1. The van der Waals surface area contributed by atoms with Crippen molar-refractivity contribution in [3.8, 4) is 0 Å². The molecule has 0 saturated heterocycles. The monoisotopic (exact) mass is 222 g/mol. The van der Waals surface area contributed by atoms with Crippen LogP contribution in [-0.2, 0) is 0 Å². The second-order valence-corrected chi connectivity index (χ2v) is 5.52. The van der Waals surface area contributed by atoms with Crippen molar-refractivity contribution in [2.75, 3.05) is 6.61 Å². The Morgan fingerprint density at radius 3 is 1.21 bits per heavy atom. The maximum absolute atomic E-state index is 8.40. The molecule has 0 aliphatic heterocycles. The van der Waals surface area contributed by atoms with Gasteiger partial charge in [0.15, 0.2) is 0 Å². The first-order chi connectivity index (χ1) is 5.70. The predicted molar refractivity (Wildman–Crippen MR) is 71.2 cm³/mol. The summed E-state index contributed by atoms with van der Waals surface area (Å²) >= 11 is 0. The van der Waals surface area contributed by atoms with Gasteiger partial charge in [0.25, 0.3) is 0 Å². The van der Waals surface area contributed by atoms with E-state index >= 15 is 0 Å². The van der Waals surface area contributed by atoms with Crippen LogP contribution >= 0.6 is 13.5 Å². The average molecular weight is 222 g/mol. The molecule has 0 aromatic heterocycles. The summed E-state index contributed by atoms with van der Waals surface area (Å²) < 4.78 is 0. The van der Waals surface area contributed by atoms with Crippen molar-refractivity contribution >= 4 is 13.5 Å². The van der Waals surface area contributed by atoms with Crippen LogP contribution in [0.4, 0.5) is 0 Å². The normalized spacial score (nSPS) is 10.7. The first kappa shape index (κ1) is 19.8. The topological polar surface area (TPSA) is 20.2 Å². The lowest BCUT2D eigenvalue weighted by Crippen LogP contribution is -2.06. The Kier molecular flexibility index (Phi) is 13.9. The lowest BCUT2D eigenvalue weighted by molar-refractivity contribution is 0.225. The van der Waals surface area contributed by atoms with Gasteiger partial charge in [0.2, 0.25) is 0 Å². The first-order valence-corrected chi connectivity index (χ1v) is 5.31. The molecule has 0 bridgehead atoms. The Morgan fingerprint density at radius 2 is 1.21 bits per heavy atom. The largest absolute Gasteiger partial charge is 0.396 e. The Hall–Kier alpha value is 0.310. The van der Waals surface area contributed by atoms with E-state index in [1.807, 2.05) is 0 Å². The summed E-state index contributed by atoms with van der Waals surface area (Å²) in [6.45, 7) is 15.6. The highest BCUT2D eigenvalue weighted by molar-refractivity contribution is 7.59. The minimum absolute atomic E-state index is 0. The highest BCUT2D eigenvalue weighted by atomic mass is 32.1. The zero-order valence-corrected chi connectivity index (χ0v) is 12.0. The van der Waals surface area contributed by atoms with Crippen LogP contribution in [0.1, 0.15) is 54.9 Å². The molecule has 14 heavy (non-hydrogen) atoms. The van der Waals surface area contributed by atoms with E-state index in [-0.39, 0.29) is 13.5 Å². The summed E-state index contributed by atoms with van der Waals surface area (Å²) in [5, 5.41) is 8.40. The number of hydrogen-bond donors (Lipinski definition) is 1.